The topological polar surface area (TPSA) is 76.6 Å². The Hall–Kier alpha value is -2.73. The van der Waals surface area contributed by atoms with Crippen molar-refractivity contribution in [1.29, 1.82) is 0 Å². The molecule has 4 aromatic rings. The number of para-hydroxylation sites is 1. The second-order valence-electron chi connectivity index (χ2n) is 4.36. The van der Waals surface area contributed by atoms with E-state index in [4.69, 9.17) is 16.3 Å². The summed E-state index contributed by atoms with van der Waals surface area (Å²) in [5, 5.41) is 8.40. The molecule has 6 nitrogen and oxygen atoms in total. The minimum atomic E-state index is 0.0925. The largest absolute Gasteiger partial charge is 0.436 e. The summed E-state index contributed by atoms with van der Waals surface area (Å²) in [5.74, 6) is 0.947. The zero-order valence-electron chi connectivity index (χ0n) is 10.6. The number of aromatic nitrogens is 5. The third kappa shape index (κ3) is 2.05. The molecule has 0 fully saturated rings. The van der Waals surface area contributed by atoms with E-state index in [0.29, 0.717) is 22.7 Å². The number of nitrogens with one attached hydrogen (secondary N) is 1. The summed E-state index contributed by atoms with van der Waals surface area (Å²) in [5.41, 5.74) is 1.28. The number of halogens is 1. The van der Waals surface area contributed by atoms with Gasteiger partial charge in [0, 0.05) is 11.6 Å². The Morgan fingerprint density at radius 1 is 1.10 bits per heavy atom. The van der Waals surface area contributed by atoms with Crippen molar-refractivity contribution in [1.82, 2.24) is 25.1 Å². The Balaban J connectivity index is 1.89. The number of fused-ring (bicyclic) bond motifs is 2. The van der Waals surface area contributed by atoms with E-state index in [1.54, 1.807) is 12.4 Å². The number of aromatic amines is 1. The minimum Gasteiger partial charge on any atom is -0.436 e. The smallest absolute Gasteiger partial charge is 0.234 e. The van der Waals surface area contributed by atoms with Crippen molar-refractivity contribution < 1.29 is 4.74 Å². The Morgan fingerprint density at radius 3 is 2.95 bits per heavy atom. The fraction of sp³-hybridized carbons (Fsp3) is 0. The number of nitrogens with zero attached hydrogens (tertiary/aromatic N) is 4. The molecule has 0 radical (unpaired) electrons. The Labute approximate surface area is 123 Å². The van der Waals surface area contributed by atoms with E-state index in [0.717, 1.165) is 10.9 Å². The number of hydrogen-bond donors (Lipinski definition) is 1. The summed E-state index contributed by atoms with van der Waals surface area (Å²) in [6, 6.07) is 9.54. The van der Waals surface area contributed by atoms with Crippen LogP contribution < -0.4 is 4.74 Å². The molecular formula is C14H8ClN5O. The Bertz CT molecular complexity index is 947. The molecular weight excluding hydrogens is 290 g/mol. The van der Waals surface area contributed by atoms with E-state index in [1.807, 2.05) is 30.3 Å². The van der Waals surface area contributed by atoms with Crippen LogP contribution in [0.3, 0.4) is 0 Å². The van der Waals surface area contributed by atoms with Crippen LogP contribution in [0.5, 0.6) is 11.6 Å². The molecule has 1 aromatic carbocycles. The Kier molecular flexibility index (Phi) is 2.68. The third-order valence-corrected chi connectivity index (χ3v) is 3.22. The fourth-order valence-electron chi connectivity index (χ4n) is 2.12. The first-order valence-electron chi connectivity index (χ1n) is 6.19. The van der Waals surface area contributed by atoms with Gasteiger partial charge in [-0.05, 0) is 23.7 Å². The molecule has 0 aliphatic heterocycles. The van der Waals surface area contributed by atoms with Crippen LogP contribution in [0.15, 0.2) is 42.7 Å². The molecule has 3 aromatic heterocycles. The van der Waals surface area contributed by atoms with E-state index in [-0.39, 0.29) is 5.28 Å². The van der Waals surface area contributed by atoms with Gasteiger partial charge in [0.1, 0.15) is 10.9 Å². The van der Waals surface area contributed by atoms with Gasteiger partial charge in [-0.1, -0.05) is 18.2 Å². The van der Waals surface area contributed by atoms with Crippen molar-refractivity contribution in [3.63, 3.8) is 0 Å². The van der Waals surface area contributed by atoms with Gasteiger partial charge in [0.2, 0.25) is 11.2 Å². The average Bonchev–Trinajstić information content (AvgIpc) is 2.96. The van der Waals surface area contributed by atoms with Gasteiger partial charge < -0.3 is 4.74 Å². The standard InChI is InChI=1S/C14H8ClN5O/c15-14-18-12-9(7-17-20-12)13(19-14)21-10-5-1-3-8-4-2-6-16-11(8)10/h1-7H,(H,17,18,19,20). The van der Waals surface area contributed by atoms with E-state index >= 15 is 0 Å². The van der Waals surface area contributed by atoms with Crippen LogP contribution >= 0.6 is 11.6 Å². The monoisotopic (exact) mass is 297 g/mol. The van der Waals surface area contributed by atoms with Crippen molar-refractivity contribution in [2.24, 2.45) is 0 Å². The molecule has 0 saturated heterocycles. The summed E-state index contributed by atoms with van der Waals surface area (Å²) in [6.45, 7) is 0. The summed E-state index contributed by atoms with van der Waals surface area (Å²) in [4.78, 5) is 12.5. The second kappa shape index (κ2) is 4.68. The highest BCUT2D eigenvalue weighted by Crippen LogP contribution is 2.31. The summed E-state index contributed by atoms with van der Waals surface area (Å²) in [6.07, 6.45) is 3.31. The molecule has 0 unspecified atom stereocenters. The quantitative estimate of drug-likeness (QED) is 0.574. The summed E-state index contributed by atoms with van der Waals surface area (Å²) in [7, 11) is 0. The molecule has 7 heteroatoms. The maximum absolute atomic E-state index is 5.90. The van der Waals surface area contributed by atoms with Crippen molar-refractivity contribution in [3.05, 3.63) is 48.0 Å². The first-order chi connectivity index (χ1) is 10.3. The highest BCUT2D eigenvalue weighted by atomic mass is 35.5. The first-order valence-corrected chi connectivity index (χ1v) is 6.57. The lowest BCUT2D eigenvalue weighted by atomic mass is 10.2. The van der Waals surface area contributed by atoms with Crippen LogP contribution in [0.4, 0.5) is 0 Å². The molecule has 3 heterocycles. The predicted octanol–water partition coefficient (Wildman–Crippen LogP) is 3.35. The van der Waals surface area contributed by atoms with Crippen molar-refractivity contribution in [2.45, 2.75) is 0 Å². The zero-order valence-corrected chi connectivity index (χ0v) is 11.4. The highest BCUT2D eigenvalue weighted by molar-refractivity contribution is 6.28. The molecule has 1 N–H and O–H groups in total. The predicted molar refractivity (Wildman–Crippen MR) is 78.5 cm³/mol. The molecule has 0 spiro atoms. The lowest BCUT2D eigenvalue weighted by Gasteiger charge is -2.08. The van der Waals surface area contributed by atoms with Gasteiger partial charge in [-0.2, -0.15) is 15.1 Å². The minimum absolute atomic E-state index is 0.0925. The lowest BCUT2D eigenvalue weighted by Crippen LogP contribution is -1.93. The van der Waals surface area contributed by atoms with E-state index in [2.05, 4.69) is 25.1 Å². The molecule has 0 bridgehead atoms. The number of hydrogen-bond acceptors (Lipinski definition) is 5. The van der Waals surface area contributed by atoms with Gasteiger partial charge in [-0.3, -0.25) is 10.1 Å². The summed E-state index contributed by atoms with van der Waals surface area (Å²) >= 11 is 5.90. The van der Waals surface area contributed by atoms with Crippen LogP contribution in [0, 0.1) is 0 Å². The zero-order chi connectivity index (χ0) is 14.2. The van der Waals surface area contributed by atoms with Crippen molar-refractivity contribution >= 4 is 33.5 Å². The SMILES string of the molecule is Clc1nc(Oc2cccc3cccnc23)c2cn[nH]c2n1. The average molecular weight is 298 g/mol. The number of benzene rings is 1. The first kappa shape index (κ1) is 12.0. The van der Waals surface area contributed by atoms with E-state index in [9.17, 15) is 0 Å². The van der Waals surface area contributed by atoms with Gasteiger partial charge in [0.15, 0.2) is 11.4 Å². The van der Waals surface area contributed by atoms with Crippen molar-refractivity contribution in [3.8, 4) is 11.6 Å². The van der Waals surface area contributed by atoms with Gasteiger partial charge in [0.25, 0.3) is 0 Å². The normalized spacial score (nSPS) is 11.1. The van der Waals surface area contributed by atoms with Gasteiger partial charge >= 0.3 is 0 Å². The number of pyridine rings is 1. The molecule has 0 saturated carbocycles. The van der Waals surface area contributed by atoms with Gasteiger partial charge in [0.05, 0.1) is 6.20 Å². The van der Waals surface area contributed by atoms with Crippen LogP contribution in [0.1, 0.15) is 0 Å². The molecule has 0 aliphatic carbocycles. The third-order valence-electron chi connectivity index (χ3n) is 3.05. The second-order valence-corrected chi connectivity index (χ2v) is 4.70. The van der Waals surface area contributed by atoms with Crippen LogP contribution in [-0.4, -0.2) is 25.1 Å². The maximum atomic E-state index is 5.90. The van der Waals surface area contributed by atoms with Gasteiger partial charge in [-0.15, -0.1) is 0 Å². The number of ether oxygens (including phenoxy) is 1. The molecule has 102 valence electrons. The molecule has 4 rings (SSSR count). The Morgan fingerprint density at radius 2 is 2.00 bits per heavy atom. The summed E-state index contributed by atoms with van der Waals surface area (Å²) < 4.78 is 5.89. The highest BCUT2D eigenvalue weighted by Gasteiger charge is 2.12. The van der Waals surface area contributed by atoms with Gasteiger partial charge in [-0.25, -0.2) is 0 Å². The molecule has 0 amide bonds. The molecule has 21 heavy (non-hydrogen) atoms. The van der Waals surface area contributed by atoms with Crippen LogP contribution in [-0.2, 0) is 0 Å². The van der Waals surface area contributed by atoms with E-state index in [1.165, 1.54) is 0 Å². The number of rotatable bonds is 2. The fourth-order valence-corrected chi connectivity index (χ4v) is 2.28. The van der Waals surface area contributed by atoms with Crippen LogP contribution in [0.2, 0.25) is 5.28 Å². The van der Waals surface area contributed by atoms with Crippen LogP contribution in [0.25, 0.3) is 21.9 Å². The molecule has 0 aliphatic rings. The molecule has 0 atom stereocenters. The maximum Gasteiger partial charge on any atom is 0.234 e. The van der Waals surface area contributed by atoms with Crippen molar-refractivity contribution in [2.75, 3.05) is 0 Å². The number of H-pyrrole nitrogens is 1. The van der Waals surface area contributed by atoms with E-state index < -0.39 is 0 Å². The lowest BCUT2D eigenvalue weighted by molar-refractivity contribution is 0.472.